The Balaban J connectivity index is 1.15. The average Bonchev–Trinajstić information content (AvgIpc) is 3.74. The molecule has 230 valence electrons. The van der Waals surface area contributed by atoms with Crippen LogP contribution in [0.5, 0.6) is 0 Å². The quantitative estimate of drug-likeness (QED) is 0.190. The summed E-state index contributed by atoms with van der Waals surface area (Å²) in [7, 11) is 0. The minimum atomic E-state index is -0.750. The summed E-state index contributed by atoms with van der Waals surface area (Å²) in [5, 5.41) is 9.65. The van der Waals surface area contributed by atoms with E-state index in [9.17, 15) is 9.18 Å². The zero-order valence-corrected chi connectivity index (χ0v) is 24.7. The first-order chi connectivity index (χ1) is 21.5. The molecule has 2 aliphatic rings. The fourth-order valence-electron chi connectivity index (χ4n) is 5.22. The van der Waals surface area contributed by atoms with Gasteiger partial charge in [-0.05, 0) is 48.9 Å². The zero-order valence-electron chi connectivity index (χ0n) is 24.7. The molecule has 4 aromatic rings. The number of nitrogens with one attached hydrogen (secondary N) is 4. The van der Waals surface area contributed by atoms with Crippen molar-refractivity contribution >= 4 is 11.9 Å². The van der Waals surface area contributed by atoms with Crippen molar-refractivity contribution < 1.29 is 18.7 Å². The maximum absolute atomic E-state index is 13.8. The van der Waals surface area contributed by atoms with Crippen molar-refractivity contribution in [1.29, 1.82) is 0 Å². The van der Waals surface area contributed by atoms with Crippen molar-refractivity contribution in [2.24, 2.45) is 5.41 Å². The first kappa shape index (κ1) is 29.8. The fourth-order valence-corrected chi connectivity index (χ4v) is 5.22. The van der Waals surface area contributed by atoms with E-state index in [1.54, 1.807) is 36.5 Å². The van der Waals surface area contributed by atoms with Gasteiger partial charge in [0.2, 0.25) is 12.2 Å². The molecule has 6 rings (SSSR count). The molecule has 2 aliphatic heterocycles. The molecule has 2 aromatic carbocycles. The van der Waals surface area contributed by atoms with Gasteiger partial charge in [-0.25, -0.2) is 19.3 Å². The van der Waals surface area contributed by atoms with Gasteiger partial charge in [-0.2, -0.15) is 0 Å². The van der Waals surface area contributed by atoms with E-state index in [2.05, 4.69) is 30.8 Å². The van der Waals surface area contributed by atoms with E-state index >= 15 is 0 Å². The Morgan fingerprint density at radius 2 is 1.89 bits per heavy atom. The van der Waals surface area contributed by atoms with Gasteiger partial charge in [0.15, 0.2) is 5.82 Å². The third kappa shape index (κ3) is 7.28. The molecule has 0 radical (unpaired) electrons. The van der Waals surface area contributed by atoms with Crippen molar-refractivity contribution in [1.82, 2.24) is 35.5 Å². The first-order valence-corrected chi connectivity index (χ1v) is 14.9. The molecule has 2 aromatic heterocycles. The normalized spacial score (nSPS) is 20.5. The molecule has 0 bridgehead atoms. The smallest absolute Gasteiger partial charge is 0.251 e. The number of hydrogen-bond donors (Lipinski definition) is 4. The Morgan fingerprint density at radius 1 is 1.09 bits per heavy atom. The number of anilines is 1. The van der Waals surface area contributed by atoms with Crippen LogP contribution in [0.1, 0.15) is 35.8 Å². The number of carbonyl (C=O) groups is 1. The lowest BCUT2D eigenvalue weighted by Gasteiger charge is -2.36. The van der Waals surface area contributed by atoms with Gasteiger partial charge in [-0.1, -0.05) is 25.1 Å². The van der Waals surface area contributed by atoms with Crippen LogP contribution in [0.3, 0.4) is 0 Å². The maximum Gasteiger partial charge on any atom is 0.251 e. The number of imidazole rings is 1. The second-order valence-electron chi connectivity index (χ2n) is 11.5. The van der Waals surface area contributed by atoms with Crippen molar-refractivity contribution in [2.45, 2.75) is 19.6 Å². The molecule has 1 amide bonds. The standard InChI is InChI=1S/C32H37FN8O3/c1-32(18-37-29(42)23-6-3-2-4-7-23)19-43-30(44-20-32)28-39-26(22-8-10-24(33)11-9-22)27(40-28)25-12-14-36-31(38-25)35-13-5-16-41-17-15-34-21-41/h2-4,6-12,14,30,34H,5,13,15-21H2,1H3,(H,37,42)(H,39,40)(H,35,36,38). The fraction of sp³-hybridized carbons (Fsp3) is 0.375. The SMILES string of the molecule is CC1(CNC(=O)c2ccccc2)COC(c2nc(-c3ccc(F)cc3)c(-c3ccnc(NCCCN4CCNC4)n3)[nH]2)OC1. The molecule has 4 N–H and O–H groups in total. The van der Waals surface area contributed by atoms with E-state index in [1.165, 1.54) is 12.1 Å². The molecule has 4 heterocycles. The van der Waals surface area contributed by atoms with Crippen LogP contribution in [0.15, 0.2) is 66.9 Å². The van der Waals surface area contributed by atoms with E-state index in [1.807, 2.05) is 25.1 Å². The van der Waals surface area contributed by atoms with Crippen molar-refractivity contribution in [3.05, 3.63) is 84.1 Å². The van der Waals surface area contributed by atoms with Gasteiger partial charge >= 0.3 is 0 Å². The van der Waals surface area contributed by atoms with Gasteiger partial charge in [-0.3, -0.25) is 9.69 Å². The van der Waals surface area contributed by atoms with Crippen molar-refractivity contribution in [3.63, 3.8) is 0 Å². The van der Waals surface area contributed by atoms with Crippen LogP contribution in [0.2, 0.25) is 0 Å². The van der Waals surface area contributed by atoms with Crippen LogP contribution in [0.4, 0.5) is 10.3 Å². The van der Waals surface area contributed by atoms with Gasteiger partial charge in [0.25, 0.3) is 5.91 Å². The monoisotopic (exact) mass is 600 g/mol. The number of benzene rings is 2. The molecule has 2 saturated heterocycles. The summed E-state index contributed by atoms with van der Waals surface area (Å²) in [5.41, 5.74) is 2.78. The average molecular weight is 601 g/mol. The number of aromatic nitrogens is 4. The van der Waals surface area contributed by atoms with Gasteiger partial charge in [-0.15, -0.1) is 0 Å². The molecule has 0 atom stereocenters. The largest absolute Gasteiger partial charge is 0.354 e. The molecule has 11 nitrogen and oxygen atoms in total. The number of H-pyrrole nitrogens is 1. The van der Waals surface area contributed by atoms with Crippen LogP contribution in [0, 0.1) is 11.2 Å². The molecule has 0 saturated carbocycles. The third-order valence-corrected chi connectivity index (χ3v) is 7.73. The Morgan fingerprint density at radius 3 is 2.64 bits per heavy atom. The molecule has 0 unspecified atom stereocenters. The summed E-state index contributed by atoms with van der Waals surface area (Å²) < 4.78 is 26.0. The number of amides is 1. The van der Waals surface area contributed by atoms with Gasteiger partial charge in [0.05, 0.1) is 30.3 Å². The highest BCUT2D eigenvalue weighted by molar-refractivity contribution is 5.94. The van der Waals surface area contributed by atoms with E-state index in [-0.39, 0.29) is 11.7 Å². The molecule has 0 spiro atoms. The maximum atomic E-state index is 13.8. The summed E-state index contributed by atoms with van der Waals surface area (Å²) in [6.07, 6.45) is 1.92. The highest BCUT2D eigenvalue weighted by Gasteiger charge is 2.35. The van der Waals surface area contributed by atoms with Crippen LogP contribution in [-0.2, 0) is 9.47 Å². The number of rotatable bonds is 11. The van der Waals surface area contributed by atoms with Gasteiger partial charge < -0.3 is 30.4 Å². The third-order valence-electron chi connectivity index (χ3n) is 7.73. The summed E-state index contributed by atoms with van der Waals surface area (Å²) in [6.45, 7) is 7.87. The Hall–Kier alpha value is -4.23. The van der Waals surface area contributed by atoms with E-state index in [0.717, 1.165) is 44.8 Å². The molecular weight excluding hydrogens is 563 g/mol. The summed E-state index contributed by atoms with van der Waals surface area (Å²) in [5.74, 6) is 0.516. The highest BCUT2D eigenvalue weighted by atomic mass is 19.1. The van der Waals surface area contributed by atoms with Gasteiger partial charge in [0.1, 0.15) is 5.82 Å². The lowest BCUT2D eigenvalue weighted by atomic mass is 9.92. The second kappa shape index (κ2) is 13.6. The number of nitrogens with zero attached hydrogens (tertiary/aromatic N) is 4. The zero-order chi connectivity index (χ0) is 30.4. The molecular formula is C32H37FN8O3. The van der Waals surface area contributed by atoms with Crippen LogP contribution in [0.25, 0.3) is 22.6 Å². The highest BCUT2D eigenvalue weighted by Crippen LogP contribution is 2.35. The topological polar surface area (TPSA) is 129 Å². The second-order valence-corrected chi connectivity index (χ2v) is 11.5. The van der Waals surface area contributed by atoms with Crippen LogP contribution < -0.4 is 16.0 Å². The van der Waals surface area contributed by atoms with Crippen molar-refractivity contribution in [2.75, 3.05) is 57.9 Å². The van der Waals surface area contributed by atoms with Crippen molar-refractivity contribution in [3.8, 4) is 22.6 Å². The predicted molar refractivity (Wildman–Crippen MR) is 164 cm³/mol. The number of ether oxygens (including phenoxy) is 2. The molecule has 44 heavy (non-hydrogen) atoms. The van der Waals surface area contributed by atoms with Crippen LogP contribution in [-0.4, -0.2) is 83.3 Å². The first-order valence-electron chi connectivity index (χ1n) is 14.9. The summed E-state index contributed by atoms with van der Waals surface area (Å²) in [4.78, 5) is 32.3. The minimum absolute atomic E-state index is 0.142. The number of halogens is 1. The summed E-state index contributed by atoms with van der Waals surface area (Å²) in [6, 6.07) is 17.1. The Bertz CT molecular complexity index is 1530. The molecule has 2 fully saturated rings. The van der Waals surface area contributed by atoms with E-state index in [0.29, 0.717) is 54.2 Å². The number of aromatic amines is 1. The Kier molecular flexibility index (Phi) is 9.22. The lowest BCUT2D eigenvalue weighted by Crippen LogP contribution is -2.45. The van der Waals surface area contributed by atoms with Crippen LogP contribution >= 0.6 is 0 Å². The summed E-state index contributed by atoms with van der Waals surface area (Å²) >= 11 is 0. The number of hydrogen-bond acceptors (Lipinski definition) is 9. The van der Waals surface area contributed by atoms with Gasteiger partial charge in [0, 0.05) is 62.1 Å². The minimum Gasteiger partial charge on any atom is -0.354 e. The molecule has 0 aliphatic carbocycles. The predicted octanol–water partition coefficient (Wildman–Crippen LogP) is 3.82. The Labute approximate surface area is 255 Å². The lowest BCUT2D eigenvalue weighted by molar-refractivity contribution is -0.231. The molecule has 12 heteroatoms. The van der Waals surface area contributed by atoms with E-state index in [4.69, 9.17) is 19.4 Å². The van der Waals surface area contributed by atoms with E-state index < -0.39 is 11.7 Å². The number of carbonyl (C=O) groups excluding carboxylic acids is 1.